The highest BCUT2D eigenvalue weighted by molar-refractivity contribution is 5.97. The molecule has 5 heterocycles. The van der Waals surface area contributed by atoms with Gasteiger partial charge in [-0.2, -0.15) is 15.3 Å². The summed E-state index contributed by atoms with van der Waals surface area (Å²) in [6.45, 7) is 11.2. The van der Waals surface area contributed by atoms with Crippen LogP contribution in [0.3, 0.4) is 0 Å². The number of nitriles is 1. The van der Waals surface area contributed by atoms with Crippen molar-refractivity contribution in [1.29, 1.82) is 5.26 Å². The average molecular weight is 499 g/mol. The number of amides is 1. The van der Waals surface area contributed by atoms with Crippen molar-refractivity contribution in [3.8, 4) is 17.3 Å². The van der Waals surface area contributed by atoms with Crippen molar-refractivity contribution in [2.45, 2.75) is 13.3 Å². The number of hydrogen-bond donors (Lipinski definition) is 0. The van der Waals surface area contributed by atoms with Crippen molar-refractivity contribution in [1.82, 2.24) is 24.6 Å². The van der Waals surface area contributed by atoms with E-state index in [1.54, 1.807) is 0 Å². The second-order valence-electron chi connectivity index (χ2n) is 10.3. The molecule has 0 atom stereocenters. The molecule has 3 aliphatic rings. The highest BCUT2D eigenvalue weighted by Crippen LogP contribution is 2.43. The lowest BCUT2D eigenvalue weighted by Crippen LogP contribution is -2.59. The van der Waals surface area contributed by atoms with Crippen molar-refractivity contribution >= 4 is 28.6 Å². The molecule has 1 aromatic carbocycles. The van der Waals surface area contributed by atoms with Crippen LogP contribution in [-0.2, 0) is 16.6 Å². The Morgan fingerprint density at radius 3 is 2.68 bits per heavy atom. The van der Waals surface area contributed by atoms with Crippen molar-refractivity contribution in [2.75, 3.05) is 62.3 Å². The van der Waals surface area contributed by atoms with Crippen LogP contribution in [0.2, 0.25) is 0 Å². The van der Waals surface area contributed by atoms with Crippen LogP contribution in [0.5, 0.6) is 0 Å². The van der Waals surface area contributed by atoms with Crippen LogP contribution >= 0.6 is 0 Å². The lowest BCUT2D eigenvalue weighted by molar-refractivity contribution is -0.136. The summed E-state index contributed by atoms with van der Waals surface area (Å²) in [5.74, 6) is 1.26. The summed E-state index contributed by atoms with van der Waals surface area (Å²) in [6, 6.07) is 6.56. The highest BCUT2D eigenvalue weighted by atomic mass is 16.5. The number of ether oxygens (including phenoxy) is 1. The van der Waals surface area contributed by atoms with E-state index in [-0.39, 0.29) is 11.3 Å². The molecule has 37 heavy (non-hydrogen) atoms. The minimum absolute atomic E-state index is 0.0227. The maximum Gasteiger partial charge on any atom is 0.245 e. The van der Waals surface area contributed by atoms with Crippen LogP contribution in [0, 0.1) is 23.7 Å². The molecule has 3 fully saturated rings. The Bertz CT molecular complexity index is 1440. The Balaban J connectivity index is 1.47. The highest BCUT2D eigenvalue weighted by Gasteiger charge is 2.49. The molecule has 2 aromatic heterocycles. The number of benzene rings is 1. The SMILES string of the molecule is C=CC(=O)N1CC2(CCN(c3nc(N4CCOCC4)nc(-c4c(C)ccc5c4cnn5C)c3C#N)C2)C1. The Morgan fingerprint density at radius 1 is 1.16 bits per heavy atom. The zero-order valence-corrected chi connectivity index (χ0v) is 21.3. The number of anilines is 2. The van der Waals surface area contributed by atoms with E-state index < -0.39 is 0 Å². The van der Waals surface area contributed by atoms with Gasteiger partial charge in [-0.15, -0.1) is 0 Å². The summed E-state index contributed by atoms with van der Waals surface area (Å²) in [7, 11) is 1.92. The number of rotatable bonds is 4. The van der Waals surface area contributed by atoms with Crippen molar-refractivity contribution in [3.05, 3.63) is 42.1 Å². The zero-order valence-electron chi connectivity index (χ0n) is 21.3. The largest absolute Gasteiger partial charge is 0.378 e. The van der Waals surface area contributed by atoms with Gasteiger partial charge in [-0.1, -0.05) is 12.6 Å². The smallest absolute Gasteiger partial charge is 0.245 e. The Morgan fingerprint density at radius 2 is 1.95 bits per heavy atom. The fourth-order valence-electron chi connectivity index (χ4n) is 5.93. The molecule has 10 nitrogen and oxygen atoms in total. The standard InChI is InChI=1S/C27H30N8O2/c1-4-22(36)35-16-27(17-35)7-8-34(15-27)25-19(13-28)24(30-26(31-25)33-9-11-37-12-10-33)23-18(2)5-6-21-20(23)14-29-32(21)3/h4-6,14H,1,7-12,15-17H2,2-3H3. The number of likely N-dealkylation sites (tertiary alicyclic amines) is 1. The molecule has 3 aliphatic heterocycles. The van der Waals surface area contributed by atoms with Gasteiger partial charge in [0.15, 0.2) is 5.82 Å². The number of carbonyl (C=O) groups excluding carboxylic acids is 1. The first-order valence-electron chi connectivity index (χ1n) is 12.7. The molecule has 0 aliphatic carbocycles. The van der Waals surface area contributed by atoms with Gasteiger partial charge in [0.05, 0.1) is 30.6 Å². The van der Waals surface area contributed by atoms with Gasteiger partial charge < -0.3 is 19.4 Å². The van der Waals surface area contributed by atoms with Gasteiger partial charge in [-0.05, 0) is 31.1 Å². The lowest BCUT2D eigenvalue weighted by atomic mass is 9.79. The van der Waals surface area contributed by atoms with Crippen molar-refractivity contribution < 1.29 is 9.53 Å². The summed E-state index contributed by atoms with van der Waals surface area (Å²) in [5, 5.41) is 15.9. The Labute approximate surface area is 215 Å². The second kappa shape index (κ2) is 8.85. The molecule has 0 bridgehead atoms. The molecule has 3 saturated heterocycles. The first-order valence-corrected chi connectivity index (χ1v) is 12.7. The monoisotopic (exact) mass is 498 g/mol. The molecule has 6 rings (SSSR count). The summed E-state index contributed by atoms with van der Waals surface area (Å²) >= 11 is 0. The molecule has 0 saturated carbocycles. The number of hydrogen-bond acceptors (Lipinski definition) is 8. The van der Waals surface area contributed by atoms with E-state index in [1.165, 1.54) is 6.08 Å². The number of carbonyl (C=O) groups is 1. The number of aryl methyl sites for hydroxylation is 2. The third-order valence-electron chi connectivity index (χ3n) is 7.94. The van der Waals surface area contributed by atoms with Crippen LogP contribution in [0.4, 0.5) is 11.8 Å². The minimum Gasteiger partial charge on any atom is -0.378 e. The second-order valence-corrected chi connectivity index (χ2v) is 10.3. The maximum absolute atomic E-state index is 12.1. The van der Waals surface area contributed by atoms with Crippen molar-refractivity contribution in [3.63, 3.8) is 0 Å². The van der Waals surface area contributed by atoms with Gasteiger partial charge in [-0.25, -0.2) is 4.98 Å². The van der Waals surface area contributed by atoms with E-state index in [0.717, 1.165) is 41.5 Å². The third kappa shape index (κ3) is 3.81. The van der Waals surface area contributed by atoms with E-state index in [0.29, 0.717) is 62.4 Å². The fraction of sp³-hybridized carbons (Fsp3) is 0.444. The first kappa shape index (κ1) is 23.4. The average Bonchev–Trinajstić information content (AvgIpc) is 3.51. The minimum atomic E-state index is -0.0271. The molecule has 1 amide bonds. The molecule has 0 unspecified atom stereocenters. The predicted octanol–water partition coefficient (Wildman–Crippen LogP) is 2.27. The molecule has 3 aromatic rings. The molecule has 10 heteroatoms. The van der Waals surface area contributed by atoms with E-state index in [4.69, 9.17) is 14.7 Å². The molecule has 0 N–H and O–H groups in total. The zero-order chi connectivity index (χ0) is 25.7. The summed E-state index contributed by atoms with van der Waals surface area (Å²) in [5.41, 5.74) is 4.08. The lowest BCUT2D eigenvalue weighted by Gasteiger charge is -2.47. The normalized spacial score (nSPS) is 18.8. The van der Waals surface area contributed by atoms with Gasteiger partial charge in [0.1, 0.15) is 11.6 Å². The van der Waals surface area contributed by atoms with Gasteiger partial charge >= 0.3 is 0 Å². The first-order chi connectivity index (χ1) is 17.9. The topological polar surface area (TPSA) is 103 Å². The molecular weight excluding hydrogens is 468 g/mol. The van der Waals surface area contributed by atoms with Crippen LogP contribution in [0.25, 0.3) is 22.2 Å². The van der Waals surface area contributed by atoms with Crippen LogP contribution < -0.4 is 9.80 Å². The number of morpholine rings is 1. The Kier molecular flexibility index (Phi) is 5.60. The third-order valence-corrected chi connectivity index (χ3v) is 7.94. The fourth-order valence-corrected chi connectivity index (χ4v) is 5.93. The van der Waals surface area contributed by atoms with Gasteiger partial charge in [0.2, 0.25) is 11.9 Å². The van der Waals surface area contributed by atoms with Gasteiger partial charge in [0, 0.05) is 62.7 Å². The molecule has 0 radical (unpaired) electrons. The van der Waals surface area contributed by atoms with E-state index in [9.17, 15) is 10.1 Å². The molecule has 190 valence electrons. The molecular formula is C27H30N8O2. The van der Waals surface area contributed by atoms with Crippen LogP contribution in [0.15, 0.2) is 31.0 Å². The van der Waals surface area contributed by atoms with Gasteiger partial charge in [0.25, 0.3) is 0 Å². The number of fused-ring (bicyclic) bond motifs is 1. The number of nitrogens with zero attached hydrogens (tertiary/aromatic N) is 8. The summed E-state index contributed by atoms with van der Waals surface area (Å²) < 4.78 is 7.41. The van der Waals surface area contributed by atoms with E-state index in [2.05, 4.69) is 39.7 Å². The van der Waals surface area contributed by atoms with Gasteiger partial charge in [-0.3, -0.25) is 9.48 Å². The Hall–Kier alpha value is -3.97. The number of aromatic nitrogens is 4. The summed E-state index contributed by atoms with van der Waals surface area (Å²) in [4.78, 5) is 28.2. The summed E-state index contributed by atoms with van der Waals surface area (Å²) in [6.07, 6.45) is 4.17. The van der Waals surface area contributed by atoms with E-state index in [1.807, 2.05) is 29.7 Å². The molecule has 1 spiro atoms. The van der Waals surface area contributed by atoms with Crippen molar-refractivity contribution in [2.24, 2.45) is 12.5 Å². The van der Waals surface area contributed by atoms with Crippen LogP contribution in [-0.4, -0.2) is 83.0 Å². The quantitative estimate of drug-likeness (QED) is 0.505. The maximum atomic E-state index is 12.1. The predicted molar refractivity (Wildman–Crippen MR) is 140 cm³/mol. The van der Waals surface area contributed by atoms with Crippen LogP contribution in [0.1, 0.15) is 17.5 Å². The van der Waals surface area contributed by atoms with E-state index >= 15 is 0 Å².